The van der Waals surface area contributed by atoms with Gasteiger partial charge in [0.25, 0.3) is 0 Å². The van der Waals surface area contributed by atoms with Crippen molar-refractivity contribution in [2.45, 2.75) is 47.1 Å². The van der Waals surface area contributed by atoms with Crippen molar-refractivity contribution in [3.8, 4) is 0 Å². The summed E-state index contributed by atoms with van der Waals surface area (Å²) in [5, 5.41) is 0. The van der Waals surface area contributed by atoms with E-state index >= 15 is 0 Å². The molecule has 0 aliphatic carbocycles. The fourth-order valence-electron chi connectivity index (χ4n) is 1.07. The van der Waals surface area contributed by atoms with E-state index in [9.17, 15) is 0 Å². The molecule has 0 amide bonds. The first-order chi connectivity index (χ1) is 5.06. The minimum atomic E-state index is 0.441. The third-order valence-electron chi connectivity index (χ3n) is 1.59. The Bertz CT molecular complexity index is 162. The van der Waals surface area contributed by atoms with Gasteiger partial charge in [-0.3, -0.25) is 4.99 Å². The monoisotopic (exact) mass is 153 g/mol. The van der Waals surface area contributed by atoms with Gasteiger partial charge in [0.1, 0.15) is 0 Å². The first-order valence-electron chi connectivity index (χ1n) is 4.19. The summed E-state index contributed by atoms with van der Waals surface area (Å²) < 4.78 is 0. The van der Waals surface area contributed by atoms with E-state index in [-0.39, 0.29) is 0 Å². The Balaban J connectivity index is 3.88. The van der Waals surface area contributed by atoms with Gasteiger partial charge >= 0.3 is 0 Å². The van der Waals surface area contributed by atoms with Gasteiger partial charge in [0.2, 0.25) is 0 Å². The van der Waals surface area contributed by atoms with Crippen LogP contribution in [0.3, 0.4) is 0 Å². The summed E-state index contributed by atoms with van der Waals surface area (Å²) in [5.41, 5.74) is 2.59. The number of allylic oxidation sites excluding steroid dienone is 1. The third-order valence-corrected chi connectivity index (χ3v) is 1.59. The predicted molar refractivity (Wildman–Crippen MR) is 52.3 cm³/mol. The number of aliphatic imine (C=N–C) groups is 1. The van der Waals surface area contributed by atoms with Gasteiger partial charge in [0, 0.05) is 5.71 Å². The maximum Gasteiger partial charge on any atom is 0.0507 e. The lowest BCUT2D eigenvalue weighted by molar-refractivity contribution is 0.732. The van der Waals surface area contributed by atoms with Crippen LogP contribution in [0.4, 0.5) is 0 Å². The molecular formula is C10H19N. The molecule has 1 nitrogen and oxygen atoms in total. The van der Waals surface area contributed by atoms with Crippen LogP contribution in [0.2, 0.25) is 0 Å². The first-order valence-corrected chi connectivity index (χ1v) is 4.19. The van der Waals surface area contributed by atoms with Gasteiger partial charge < -0.3 is 0 Å². The molecule has 0 saturated carbocycles. The number of nitrogens with zero attached hydrogens (tertiary/aromatic N) is 1. The number of hydrogen-bond acceptors (Lipinski definition) is 1. The summed E-state index contributed by atoms with van der Waals surface area (Å²) in [6.07, 6.45) is 3.23. The van der Waals surface area contributed by atoms with E-state index in [2.05, 4.69) is 31.8 Å². The molecule has 0 bridgehead atoms. The van der Waals surface area contributed by atoms with Crippen LogP contribution in [0.25, 0.3) is 0 Å². The second-order valence-corrected chi connectivity index (χ2v) is 3.26. The minimum Gasteiger partial charge on any atom is -0.291 e. The van der Waals surface area contributed by atoms with E-state index in [0.29, 0.717) is 6.04 Å². The van der Waals surface area contributed by atoms with Crippen molar-refractivity contribution in [2.75, 3.05) is 0 Å². The maximum atomic E-state index is 4.44. The molecular weight excluding hydrogens is 134 g/mol. The van der Waals surface area contributed by atoms with Crippen molar-refractivity contribution in [3.63, 3.8) is 0 Å². The number of rotatable bonds is 3. The van der Waals surface area contributed by atoms with Crippen molar-refractivity contribution < 1.29 is 0 Å². The fraction of sp³-hybridized carbons (Fsp3) is 0.700. The molecule has 0 radical (unpaired) electrons. The highest BCUT2D eigenvalue weighted by molar-refractivity contribution is 5.79. The molecule has 0 unspecified atom stereocenters. The van der Waals surface area contributed by atoms with Gasteiger partial charge in [0.15, 0.2) is 0 Å². The smallest absolute Gasteiger partial charge is 0.0507 e. The SMILES string of the molecule is C/C=C(\C)C[C@H](C)N=C(C)C. The van der Waals surface area contributed by atoms with Gasteiger partial charge in [-0.15, -0.1) is 0 Å². The summed E-state index contributed by atoms with van der Waals surface area (Å²) in [5.74, 6) is 0. The predicted octanol–water partition coefficient (Wildman–Crippen LogP) is 3.21. The largest absolute Gasteiger partial charge is 0.291 e. The van der Waals surface area contributed by atoms with Crippen LogP contribution >= 0.6 is 0 Å². The molecule has 0 N–H and O–H groups in total. The Labute approximate surface area is 70.2 Å². The van der Waals surface area contributed by atoms with E-state index in [1.807, 2.05) is 13.8 Å². The minimum absolute atomic E-state index is 0.441. The van der Waals surface area contributed by atoms with E-state index in [0.717, 1.165) is 6.42 Å². The highest BCUT2D eigenvalue weighted by atomic mass is 14.8. The zero-order chi connectivity index (χ0) is 8.85. The molecule has 0 aliphatic rings. The fourth-order valence-corrected chi connectivity index (χ4v) is 1.07. The third kappa shape index (κ3) is 5.84. The molecule has 0 rings (SSSR count). The zero-order valence-electron chi connectivity index (χ0n) is 8.31. The topological polar surface area (TPSA) is 12.4 Å². The van der Waals surface area contributed by atoms with Crippen molar-refractivity contribution in [1.29, 1.82) is 0 Å². The molecule has 0 heterocycles. The van der Waals surface area contributed by atoms with E-state index < -0.39 is 0 Å². The second kappa shape index (κ2) is 5.11. The van der Waals surface area contributed by atoms with Crippen LogP contribution in [0, 0.1) is 0 Å². The highest BCUT2D eigenvalue weighted by Gasteiger charge is 1.98. The van der Waals surface area contributed by atoms with Crippen LogP contribution in [0.15, 0.2) is 16.6 Å². The second-order valence-electron chi connectivity index (χ2n) is 3.26. The molecule has 1 heteroatoms. The van der Waals surface area contributed by atoms with Crippen LogP contribution in [0.1, 0.15) is 41.0 Å². The van der Waals surface area contributed by atoms with E-state index in [4.69, 9.17) is 0 Å². The molecule has 1 atom stereocenters. The van der Waals surface area contributed by atoms with Crippen LogP contribution in [-0.4, -0.2) is 11.8 Å². The molecule has 11 heavy (non-hydrogen) atoms. The van der Waals surface area contributed by atoms with Crippen molar-refractivity contribution in [3.05, 3.63) is 11.6 Å². The van der Waals surface area contributed by atoms with E-state index in [1.165, 1.54) is 11.3 Å². The van der Waals surface area contributed by atoms with Crippen LogP contribution in [-0.2, 0) is 0 Å². The quantitative estimate of drug-likeness (QED) is 0.436. The van der Waals surface area contributed by atoms with Crippen LogP contribution < -0.4 is 0 Å². The Morgan fingerprint density at radius 1 is 1.36 bits per heavy atom. The zero-order valence-corrected chi connectivity index (χ0v) is 8.31. The summed E-state index contributed by atoms with van der Waals surface area (Å²) in [6.45, 7) is 10.5. The van der Waals surface area contributed by atoms with Crippen molar-refractivity contribution in [1.82, 2.24) is 0 Å². The van der Waals surface area contributed by atoms with Gasteiger partial charge in [-0.05, 0) is 41.0 Å². The Kier molecular flexibility index (Phi) is 4.84. The molecule has 0 aromatic rings. The van der Waals surface area contributed by atoms with Gasteiger partial charge in [-0.25, -0.2) is 0 Å². The Morgan fingerprint density at radius 2 is 1.91 bits per heavy atom. The molecule has 0 aliphatic heterocycles. The maximum absolute atomic E-state index is 4.44. The summed E-state index contributed by atoms with van der Waals surface area (Å²) >= 11 is 0. The molecule has 0 spiro atoms. The van der Waals surface area contributed by atoms with Crippen LogP contribution in [0.5, 0.6) is 0 Å². The van der Waals surface area contributed by atoms with E-state index in [1.54, 1.807) is 0 Å². The standard InChI is InChI=1S/C10H19N/c1-6-9(4)7-10(5)11-8(2)3/h6,10H,7H2,1-5H3/b9-6+/t10-/m0/s1. The van der Waals surface area contributed by atoms with Gasteiger partial charge in [-0.2, -0.15) is 0 Å². The molecule has 0 aromatic carbocycles. The normalized spacial score (nSPS) is 14.5. The van der Waals surface area contributed by atoms with Crippen molar-refractivity contribution in [2.24, 2.45) is 4.99 Å². The van der Waals surface area contributed by atoms with Gasteiger partial charge in [0.05, 0.1) is 6.04 Å². The molecule has 0 saturated heterocycles. The lowest BCUT2D eigenvalue weighted by Gasteiger charge is -2.06. The Hall–Kier alpha value is -0.590. The lowest BCUT2D eigenvalue weighted by atomic mass is 10.1. The lowest BCUT2D eigenvalue weighted by Crippen LogP contribution is -2.00. The first kappa shape index (κ1) is 10.4. The summed E-state index contributed by atoms with van der Waals surface area (Å²) in [6, 6.07) is 0.441. The molecule has 64 valence electrons. The Morgan fingerprint density at radius 3 is 2.27 bits per heavy atom. The average Bonchev–Trinajstić information content (AvgIpc) is 1.85. The summed E-state index contributed by atoms with van der Waals surface area (Å²) in [7, 11) is 0. The summed E-state index contributed by atoms with van der Waals surface area (Å²) in [4.78, 5) is 4.44. The highest BCUT2D eigenvalue weighted by Crippen LogP contribution is 2.06. The van der Waals surface area contributed by atoms with Gasteiger partial charge in [-0.1, -0.05) is 11.6 Å². The molecule has 0 aromatic heterocycles. The number of hydrogen-bond donors (Lipinski definition) is 0. The average molecular weight is 153 g/mol. The molecule has 0 fully saturated rings. The van der Waals surface area contributed by atoms with Crippen molar-refractivity contribution >= 4 is 5.71 Å².